The van der Waals surface area contributed by atoms with E-state index in [1.165, 1.54) is 13.2 Å². The molecule has 3 aromatic rings. The first-order chi connectivity index (χ1) is 13.3. The lowest BCUT2D eigenvalue weighted by Crippen LogP contribution is -2.20. The molecule has 3 rings (SSSR count). The normalized spacial score (nSPS) is 11.3. The molecule has 28 heavy (non-hydrogen) atoms. The molecule has 0 aliphatic heterocycles. The number of carbonyl (C=O) groups excluding carboxylic acids is 1. The van der Waals surface area contributed by atoms with E-state index in [1.54, 1.807) is 24.3 Å². The number of hydrogen-bond donors (Lipinski definition) is 1. The zero-order valence-electron chi connectivity index (χ0n) is 14.5. The largest absolute Gasteiger partial charge is 0.497 e. The predicted molar refractivity (Wildman–Crippen MR) is 94.6 cm³/mol. The smallest absolute Gasteiger partial charge is 0.417 e. The van der Waals surface area contributed by atoms with Gasteiger partial charge >= 0.3 is 11.8 Å². The van der Waals surface area contributed by atoms with Gasteiger partial charge in [-0.15, -0.1) is 0 Å². The molecule has 0 saturated carbocycles. The number of ether oxygens (including phenoxy) is 2. The summed E-state index contributed by atoms with van der Waals surface area (Å²) in [5, 5.41) is 2.32. The zero-order valence-corrected chi connectivity index (χ0v) is 14.5. The fraction of sp³-hybridized carbons (Fsp3) is 0.158. The Bertz CT molecular complexity index is 1060. The monoisotopic (exact) mass is 393 g/mol. The number of anilines is 1. The van der Waals surface area contributed by atoms with Crippen LogP contribution in [0.5, 0.6) is 11.5 Å². The summed E-state index contributed by atoms with van der Waals surface area (Å²) in [6.07, 6.45) is -4.70. The number of amides is 1. The van der Waals surface area contributed by atoms with Crippen LogP contribution in [0.3, 0.4) is 0 Å². The van der Waals surface area contributed by atoms with E-state index < -0.39 is 23.3 Å². The Hall–Kier alpha value is -3.49. The van der Waals surface area contributed by atoms with Gasteiger partial charge < -0.3 is 19.2 Å². The number of methoxy groups -OCH3 is 1. The Labute approximate surface area is 156 Å². The van der Waals surface area contributed by atoms with Gasteiger partial charge in [0.1, 0.15) is 17.1 Å². The molecule has 6 nitrogen and oxygen atoms in total. The van der Waals surface area contributed by atoms with E-state index >= 15 is 0 Å². The second-order valence-electron chi connectivity index (χ2n) is 5.70. The Morgan fingerprint density at radius 1 is 1.07 bits per heavy atom. The van der Waals surface area contributed by atoms with Crippen molar-refractivity contribution in [2.75, 3.05) is 19.0 Å². The summed E-state index contributed by atoms with van der Waals surface area (Å²) in [5.74, 6) is 0.237. The minimum Gasteiger partial charge on any atom is -0.497 e. The van der Waals surface area contributed by atoms with Crippen molar-refractivity contribution in [2.24, 2.45) is 0 Å². The SMILES string of the molecule is COc1ccc(NC(=O)COc2ccc3c(C(F)(F)F)cc(=O)oc3c2)cc1. The van der Waals surface area contributed by atoms with Crippen molar-refractivity contribution in [1.82, 2.24) is 0 Å². The van der Waals surface area contributed by atoms with E-state index in [-0.39, 0.29) is 23.3 Å². The highest BCUT2D eigenvalue weighted by molar-refractivity contribution is 5.92. The molecule has 0 radical (unpaired) electrons. The molecule has 0 atom stereocenters. The van der Waals surface area contributed by atoms with Crippen molar-refractivity contribution in [3.8, 4) is 11.5 Å². The van der Waals surface area contributed by atoms with Gasteiger partial charge in [-0.25, -0.2) is 4.79 Å². The van der Waals surface area contributed by atoms with Gasteiger partial charge in [0.2, 0.25) is 0 Å². The molecule has 1 amide bonds. The standard InChI is InChI=1S/C19H14F3NO5/c1-26-12-4-2-11(3-5-12)23-17(24)10-27-13-6-7-14-15(19(20,21)22)9-18(25)28-16(14)8-13/h2-9H,10H2,1H3,(H,23,24). The molecule has 0 spiro atoms. The number of benzene rings is 2. The first-order valence-corrected chi connectivity index (χ1v) is 7.98. The van der Waals surface area contributed by atoms with E-state index in [9.17, 15) is 22.8 Å². The molecule has 146 valence electrons. The lowest BCUT2D eigenvalue weighted by atomic mass is 10.1. The highest BCUT2D eigenvalue weighted by Crippen LogP contribution is 2.34. The number of hydrogen-bond acceptors (Lipinski definition) is 5. The maximum absolute atomic E-state index is 13.0. The second kappa shape index (κ2) is 7.63. The topological polar surface area (TPSA) is 77.8 Å². The molecule has 0 fully saturated rings. The average molecular weight is 393 g/mol. The van der Waals surface area contributed by atoms with Crippen LogP contribution in [0.1, 0.15) is 5.56 Å². The predicted octanol–water partition coefficient (Wildman–Crippen LogP) is 3.84. The molecule has 1 N–H and O–H groups in total. The third-order valence-electron chi connectivity index (χ3n) is 3.77. The summed E-state index contributed by atoms with van der Waals surface area (Å²) >= 11 is 0. The van der Waals surface area contributed by atoms with E-state index in [0.29, 0.717) is 17.5 Å². The fourth-order valence-electron chi connectivity index (χ4n) is 2.49. The van der Waals surface area contributed by atoms with Crippen LogP contribution in [-0.4, -0.2) is 19.6 Å². The van der Waals surface area contributed by atoms with Gasteiger partial charge in [0.15, 0.2) is 6.61 Å². The molecule has 1 aromatic heterocycles. The first kappa shape index (κ1) is 19.3. The van der Waals surface area contributed by atoms with Crippen LogP contribution in [0.25, 0.3) is 11.0 Å². The number of rotatable bonds is 5. The van der Waals surface area contributed by atoms with Crippen LogP contribution in [-0.2, 0) is 11.0 Å². The molecule has 0 aliphatic carbocycles. The van der Waals surface area contributed by atoms with Crippen molar-refractivity contribution in [3.05, 3.63) is 64.5 Å². The molecule has 2 aromatic carbocycles. The van der Waals surface area contributed by atoms with Gasteiger partial charge in [-0.2, -0.15) is 13.2 Å². The summed E-state index contributed by atoms with van der Waals surface area (Å²) in [4.78, 5) is 23.4. The van der Waals surface area contributed by atoms with Crippen LogP contribution in [0, 0.1) is 0 Å². The summed E-state index contributed by atoms with van der Waals surface area (Å²) in [6.45, 7) is -0.388. The van der Waals surface area contributed by atoms with Gasteiger partial charge in [-0.05, 0) is 36.4 Å². The van der Waals surface area contributed by atoms with E-state index in [4.69, 9.17) is 13.9 Å². The summed E-state index contributed by atoms with van der Waals surface area (Å²) in [5.41, 5.74) is -1.99. The lowest BCUT2D eigenvalue weighted by Gasteiger charge is -2.11. The van der Waals surface area contributed by atoms with Crippen molar-refractivity contribution in [3.63, 3.8) is 0 Å². The summed E-state index contributed by atoms with van der Waals surface area (Å²) in [6, 6.07) is 10.5. The van der Waals surface area contributed by atoms with E-state index in [2.05, 4.69) is 5.32 Å². The second-order valence-corrected chi connectivity index (χ2v) is 5.70. The lowest BCUT2D eigenvalue weighted by molar-refractivity contribution is -0.136. The minimum atomic E-state index is -4.70. The quantitative estimate of drug-likeness (QED) is 0.667. The molecule has 0 saturated heterocycles. The molecule has 0 aliphatic rings. The van der Waals surface area contributed by atoms with Gasteiger partial charge in [0, 0.05) is 23.2 Å². The summed E-state index contributed by atoms with van der Waals surface area (Å²) in [7, 11) is 1.52. The van der Waals surface area contributed by atoms with Crippen molar-refractivity contribution in [2.45, 2.75) is 6.18 Å². The molecule has 1 heterocycles. The van der Waals surface area contributed by atoms with Gasteiger partial charge in [0.25, 0.3) is 5.91 Å². The fourth-order valence-corrected chi connectivity index (χ4v) is 2.49. The summed E-state index contributed by atoms with van der Waals surface area (Å²) < 4.78 is 54.2. The van der Waals surface area contributed by atoms with Crippen molar-refractivity contribution in [1.29, 1.82) is 0 Å². The van der Waals surface area contributed by atoms with Crippen LogP contribution in [0.4, 0.5) is 18.9 Å². The number of halogens is 3. The Morgan fingerprint density at radius 2 is 1.75 bits per heavy atom. The van der Waals surface area contributed by atoms with E-state index in [0.717, 1.165) is 12.1 Å². The molecule has 0 bridgehead atoms. The molecule has 0 unspecified atom stereocenters. The third kappa shape index (κ3) is 4.43. The zero-order chi connectivity index (χ0) is 20.3. The van der Waals surface area contributed by atoms with Crippen LogP contribution in [0.2, 0.25) is 0 Å². The van der Waals surface area contributed by atoms with Crippen LogP contribution >= 0.6 is 0 Å². The highest BCUT2D eigenvalue weighted by Gasteiger charge is 2.33. The number of fused-ring (bicyclic) bond motifs is 1. The van der Waals surface area contributed by atoms with Crippen LogP contribution in [0.15, 0.2) is 57.7 Å². The maximum atomic E-state index is 13.0. The number of nitrogens with one attached hydrogen (secondary N) is 1. The molecular weight excluding hydrogens is 379 g/mol. The molecular formula is C19H14F3NO5. The minimum absolute atomic E-state index is 0.0832. The Kier molecular flexibility index (Phi) is 5.25. The first-order valence-electron chi connectivity index (χ1n) is 7.98. The average Bonchev–Trinajstić information content (AvgIpc) is 2.65. The Balaban J connectivity index is 1.72. The molecule has 9 heteroatoms. The number of alkyl halides is 3. The Morgan fingerprint density at radius 3 is 2.39 bits per heavy atom. The van der Waals surface area contributed by atoms with Crippen molar-refractivity contribution >= 4 is 22.6 Å². The van der Waals surface area contributed by atoms with Crippen molar-refractivity contribution < 1.29 is 31.9 Å². The maximum Gasteiger partial charge on any atom is 0.417 e. The van der Waals surface area contributed by atoms with Gasteiger partial charge in [-0.1, -0.05) is 0 Å². The highest BCUT2D eigenvalue weighted by atomic mass is 19.4. The van der Waals surface area contributed by atoms with Gasteiger partial charge in [0.05, 0.1) is 12.7 Å². The van der Waals surface area contributed by atoms with Crippen LogP contribution < -0.4 is 20.4 Å². The van der Waals surface area contributed by atoms with Gasteiger partial charge in [-0.3, -0.25) is 4.79 Å². The number of carbonyl (C=O) groups is 1. The third-order valence-corrected chi connectivity index (χ3v) is 3.77. The van der Waals surface area contributed by atoms with E-state index in [1.807, 2.05) is 0 Å².